The summed E-state index contributed by atoms with van der Waals surface area (Å²) < 4.78 is 0. The van der Waals surface area contributed by atoms with Crippen LogP contribution in [0.25, 0.3) is 0 Å². The average Bonchev–Trinajstić information content (AvgIpc) is 2.39. The summed E-state index contributed by atoms with van der Waals surface area (Å²) in [6, 6.07) is 3.52. The monoisotopic (exact) mass is 291 g/mol. The molecule has 18 heavy (non-hydrogen) atoms. The fourth-order valence-electron chi connectivity index (χ4n) is 2.05. The van der Waals surface area contributed by atoms with Crippen molar-refractivity contribution in [2.45, 2.75) is 12.8 Å². The molecule has 0 spiro atoms. The molecule has 1 aliphatic heterocycles. The predicted octanol–water partition coefficient (Wildman–Crippen LogP) is 1.74. The van der Waals surface area contributed by atoms with E-state index in [1.165, 1.54) is 0 Å². The van der Waals surface area contributed by atoms with Gasteiger partial charge in [-0.25, -0.2) is 0 Å². The van der Waals surface area contributed by atoms with Crippen molar-refractivity contribution in [3.63, 3.8) is 0 Å². The molecule has 6 heteroatoms. The number of nitrogens with zero attached hydrogens (tertiary/aromatic N) is 2. The van der Waals surface area contributed by atoms with Crippen LogP contribution in [0, 0.1) is 5.92 Å². The van der Waals surface area contributed by atoms with Crippen molar-refractivity contribution in [2.75, 3.05) is 19.6 Å². The highest BCUT2D eigenvalue weighted by Crippen LogP contribution is 2.17. The SMILES string of the molecule is Cl.Cl.NCC1CCN(C(=O)c2ccncc2)CC1. The number of amides is 1. The molecule has 0 saturated carbocycles. The van der Waals surface area contributed by atoms with Crippen LogP contribution in [0.5, 0.6) is 0 Å². The summed E-state index contributed by atoms with van der Waals surface area (Å²) in [6.07, 6.45) is 5.35. The summed E-state index contributed by atoms with van der Waals surface area (Å²) in [5.41, 5.74) is 6.35. The first kappa shape index (κ1) is 17.2. The Morgan fingerprint density at radius 2 is 1.83 bits per heavy atom. The summed E-state index contributed by atoms with van der Waals surface area (Å²) in [7, 11) is 0. The third-order valence-corrected chi connectivity index (χ3v) is 3.16. The maximum absolute atomic E-state index is 12.1. The average molecular weight is 292 g/mol. The molecule has 1 aromatic rings. The Balaban J connectivity index is 0.00000144. The number of carbonyl (C=O) groups is 1. The summed E-state index contributed by atoms with van der Waals surface area (Å²) in [5.74, 6) is 0.694. The summed E-state index contributed by atoms with van der Waals surface area (Å²) >= 11 is 0. The molecule has 1 aliphatic rings. The Morgan fingerprint density at radius 1 is 1.28 bits per heavy atom. The van der Waals surface area contributed by atoms with Gasteiger partial charge in [-0.1, -0.05) is 0 Å². The number of hydrogen-bond donors (Lipinski definition) is 1. The zero-order chi connectivity index (χ0) is 11.4. The molecular weight excluding hydrogens is 273 g/mol. The second-order valence-corrected chi connectivity index (χ2v) is 4.21. The van der Waals surface area contributed by atoms with E-state index >= 15 is 0 Å². The van der Waals surface area contributed by atoms with E-state index in [2.05, 4.69) is 4.98 Å². The van der Waals surface area contributed by atoms with Crippen LogP contribution in [0.2, 0.25) is 0 Å². The van der Waals surface area contributed by atoms with Gasteiger partial charge in [-0.3, -0.25) is 9.78 Å². The predicted molar refractivity (Wildman–Crippen MR) is 76.4 cm³/mol. The Bertz CT molecular complexity index is 354. The van der Waals surface area contributed by atoms with E-state index in [9.17, 15) is 4.79 Å². The maximum Gasteiger partial charge on any atom is 0.253 e. The van der Waals surface area contributed by atoms with Crippen LogP contribution in [0.3, 0.4) is 0 Å². The van der Waals surface area contributed by atoms with E-state index in [0.29, 0.717) is 5.92 Å². The smallest absolute Gasteiger partial charge is 0.253 e. The van der Waals surface area contributed by atoms with Crippen LogP contribution < -0.4 is 5.73 Å². The number of nitrogens with two attached hydrogens (primary N) is 1. The van der Waals surface area contributed by atoms with Crippen LogP contribution >= 0.6 is 24.8 Å². The molecule has 0 radical (unpaired) electrons. The van der Waals surface area contributed by atoms with Gasteiger partial charge in [0.1, 0.15) is 0 Å². The van der Waals surface area contributed by atoms with Crippen molar-refractivity contribution >= 4 is 30.7 Å². The van der Waals surface area contributed by atoms with Crippen molar-refractivity contribution in [1.29, 1.82) is 0 Å². The number of rotatable bonds is 2. The Morgan fingerprint density at radius 3 is 2.33 bits per heavy atom. The number of carbonyl (C=O) groups excluding carboxylic acids is 1. The number of halogens is 2. The lowest BCUT2D eigenvalue weighted by atomic mass is 9.97. The lowest BCUT2D eigenvalue weighted by Crippen LogP contribution is -2.40. The minimum absolute atomic E-state index is 0. The molecular formula is C12H19Cl2N3O. The number of hydrogen-bond acceptors (Lipinski definition) is 3. The topological polar surface area (TPSA) is 59.2 Å². The van der Waals surface area contributed by atoms with Gasteiger partial charge in [0.15, 0.2) is 0 Å². The molecule has 0 bridgehead atoms. The van der Waals surface area contributed by atoms with Crippen LogP contribution in [-0.2, 0) is 0 Å². The molecule has 2 N–H and O–H groups in total. The Hall–Kier alpha value is -0.840. The van der Waals surface area contributed by atoms with Gasteiger partial charge in [-0.15, -0.1) is 24.8 Å². The van der Waals surface area contributed by atoms with Crippen molar-refractivity contribution < 1.29 is 4.79 Å². The zero-order valence-electron chi connectivity index (χ0n) is 10.1. The molecule has 1 saturated heterocycles. The van der Waals surface area contributed by atoms with Crippen molar-refractivity contribution in [2.24, 2.45) is 11.7 Å². The molecule has 102 valence electrons. The quantitative estimate of drug-likeness (QED) is 0.903. The lowest BCUT2D eigenvalue weighted by Gasteiger charge is -2.31. The number of piperidine rings is 1. The van der Waals surface area contributed by atoms with E-state index < -0.39 is 0 Å². The van der Waals surface area contributed by atoms with Crippen molar-refractivity contribution in [3.8, 4) is 0 Å². The van der Waals surface area contributed by atoms with E-state index in [4.69, 9.17) is 5.73 Å². The third-order valence-electron chi connectivity index (χ3n) is 3.16. The van der Waals surface area contributed by atoms with Gasteiger partial charge in [-0.2, -0.15) is 0 Å². The number of pyridine rings is 1. The highest BCUT2D eigenvalue weighted by atomic mass is 35.5. The number of likely N-dealkylation sites (tertiary alicyclic amines) is 1. The van der Waals surface area contributed by atoms with Crippen molar-refractivity contribution in [3.05, 3.63) is 30.1 Å². The number of aromatic nitrogens is 1. The van der Waals surface area contributed by atoms with Crippen LogP contribution in [0.15, 0.2) is 24.5 Å². The first-order valence-corrected chi connectivity index (χ1v) is 5.70. The van der Waals surface area contributed by atoms with E-state index in [1.54, 1.807) is 24.5 Å². The normalized spacial score (nSPS) is 15.5. The van der Waals surface area contributed by atoms with E-state index in [-0.39, 0.29) is 30.7 Å². The van der Waals surface area contributed by atoms with Crippen LogP contribution in [0.1, 0.15) is 23.2 Å². The maximum atomic E-state index is 12.1. The molecule has 0 atom stereocenters. The molecule has 0 aliphatic carbocycles. The summed E-state index contributed by atoms with van der Waals surface area (Å²) in [6.45, 7) is 2.38. The summed E-state index contributed by atoms with van der Waals surface area (Å²) in [4.78, 5) is 17.9. The molecule has 1 amide bonds. The molecule has 2 heterocycles. The second-order valence-electron chi connectivity index (χ2n) is 4.21. The fourth-order valence-corrected chi connectivity index (χ4v) is 2.05. The Kier molecular flexibility index (Phi) is 7.91. The first-order chi connectivity index (χ1) is 7.81. The summed E-state index contributed by atoms with van der Waals surface area (Å²) in [5, 5.41) is 0. The second kappa shape index (κ2) is 8.29. The van der Waals surface area contributed by atoms with Gasteiger partial charge in [0, 0.05) is 31.0 Å². The first-order valence-electron chi connectivity index (χ1n) is 5.70. The van der Waals surface area contributed by atoms with Gasteiger partial charge in [-0.05, 0) is 37.4 Å². The Labute approximate surface area is 120 Å². The minimum atomic E-state index is 0. The van der Waals surface area contributed by atoms with Crippen molar-refractivity contribution in [1.82, 2.24) is 9.88 Å². The van der Waals surface area contributed by atoms with E-state index in [1.807, 2.05) is 4.90 Å². The molecule has 1 fully saturated rings. The molecule has 2 rings (SSSR count). The highest BCUT2D eigenvalue weighted by Gasteiger charge is 2.22. The van der Waals surface area contributed by atoms with Gasteiger partial charge in [0.05, 0.1) is 0 Å². The van der Waals surface area contributed by atoms with Gasteiger partial charge >= 0.3 is 0 Å². The van der Waals surface area contributed by atoms with Gasteiger partial charge < -0.3 is 10.6 Å². The largest absolute Gasteiger partial charge is 0.339 e. The minimum Gasteiger partial charge on any atom is -0.339 e. The highest BCUT2D eigenvalue weighted by molar-refractivity contribution is 5.94. The van der Waals surface area contributed by atoms with Crippen LogP contribution in [-0.4, -0.2) is 35.4 Å². The fraction of sp³-hybridized carbons (Fsp3) is 0.500. The molecule has 1 aromatic heterocycles. The third kappa shape index (κ3) is 4.12. The molecule has 4 nitrogen and oxygen atoms in total. The van der Waals surface area contributed by atoms with Crippen LogP contribution in [0.4, 0.5) is 0 Å². The standard InChI is InChI=1S/C12H17N3O.2ClH/c13-9-10-3-7-15(8-4-10)12(16)11-1-5-14-6-2-11;;/h1-2,5-6,10H,3-4,7-9,13H2;2*1H. The lowest BCUT2D eigenvalue weighted by molar-refractivity contribution is 0.0693. The molecule has 0 aromatic carbocycles. The zero-order valence-corrected chi connectivity index (χ0v) is 11.8. The van der Waals surface area contributed by atoms with E-state index in [0.717, 1.165) is 38.0 Å². The molecule has 0 unspecified atom stereocenters. The van der Waals surface area contributed by atoms with Gasteiger partial charge in [0.2, 0.25) is 0 Å². The van der Waals surface area contributed by atoms with Gasteiger partial charge in [0.25, 0.3) is 5.91 Å².